The highest BCUT2D eigenvalue weighted by Crippen LogP contribution is 2.26. The highest BCUT2D eigenvalue weighted by atomic mass is 16.5. The van der Waals surface area contributed by atoms with Crippen molar-refractivity contribution in [2.75, 3.05) is 20.2 Å². The molecule has 1 atom stereocenters. The average molecular weight is 313 g/mol. The summed E-state index contributed by atoms with van der Waals surface area (Å²) in [5.41, 5.74) is 3.32. The van der Waals surface area contributed by atoms with Gasteiger partial charge < -0.3 is 9.84 Å². The van der Waals surface area contributed by atoms with Gasteiger partial charge in [-0.25, -0.2) is 0 Å². The molecule has 1 unspecified atom stereocenters. The first kappa shape index (κ1) is 17.0. The molecular formula is C19H23NO3. The van der Waals surface area contributed by atoms with Gasteiger partial charge in [-0.1, -0.05) is 43.3 Å². The Morgan fingerprint density at radius 2 is 1.87 bits per heavy atom. The van der Waals surface area contributed by atoms with E-state index in [4.69, 9.17) is 9.84 Å². The van der Waals surface area contributed by atoms with E-state index in [0.717, 1.165) is 22.4 Å². The summed E-state index contributed by atoms with van der Waals surface area (Å²) in [6.45, 7) is 4.76. The maximum Gasteiger partial charge on any atom is 0.317 e. The number of ether oxygens (including phenoxy) is 1. The smallest absolute Gasteiger partial charge is 0.317 e. The van der Waals surface area contributed by atoms with Crippen molar-refractivity contribution in [3.63, 3.8) is 0 Å². The standard InChI is InChI=1S/C19H23NO3/c1-4-20(13-19(21)22)14(2)15-8-10-16(11-9-15)17-6-5-7-18(12-17)23-3/h5-12,14H,4,13H2,1-3H3,(H,21,22). The Hall–Kier alpha value is -2.33. The molecule has 0 saturated heterocycles. The number of hydrogen-bond donors (Lipinski definition) is 1. The first-order chi connectivity index (χ1) is 11.0. The Labute approximate surface area is 137 Å². The van der Waals surface area contributed by atoms with Crippen LogP contribution < -0.4 is 4.74 Å². The summed E-state index contributed by atoms with van der Waals surface area (Å²) < 4.78 is 5.26. The van der Waals surface area contributed by atoms with Gasteiger partial charge >= 0.3 is 5.97 Å². The Morgan fingerprint density at radius 1 is 1.17 bits per heavy atom. The minimum absolute atomic E-state index is 0.0509. The van der Waals surface area contributed by atoms with Gasteiger partial charge in [0.05, 0.1) is 13.7 Å². The number of carboxylic acids is 1. The Morgan fingerprint density at radius 3 is 2.43 bits per heavy atom. The molecule has 0 radical (unpaired) electrons. The first-order valence-electron chi connectivity index (χ1n) is 7.75. The second-order valence-corrected chi connectivity index (χ2v) is 5.49. The maximum atomic E-state index is 11.0. The summed E-state index contributed by atoms with van der Waals surface area (Å²) >= 11 is 0. The molecule has 4 nitrogen and oxygen atoms in total. The summed E-state index contributed by atoms with van der Waals surface area (Å²) in [6, 6.07) is 16.3. The van der Waals surface area contributed by atoms with Crippen molar-refractivity contribution in [1.82, 2.24) is 4.90 Å². The number of nitrogens with zero attached hydrogens (tertiary/aromatic N) is 1. The van der Waals surface area contributed by atoms with E-state index in [1.165, 1.54) is 0 Å². The summed E-state index contributed by atoms with van der Waals surface area (Å²) in [6.07, 6.45) is 0. The van der Waals surface area contributed by atoms with E-state index in [9.17, 15) is 4.79 Å². The zero-order valence-corrected chi connectivity index (χ0v) is 13.8. The molecule has 0 aliphatic heterocycles. The zero-order valence-electron chi connectivity index (χ0n) is 13.8. The molecule has 4 heteroatoms. The normalized spacial score (nSPS) is 12.2. The van der Waals surface area contributed by atoms with Crippen molar-refractivity contribution in [2.24, 2.45) is 0 Å². The maximum absolute atomic E-state index is 11.0. The molecule has 0 aromatic heterocycles. The summed E-state index contributed by atoms with van der Waals surface area (Å²) in [7, 11) is 1.66. The third kappa shape index (κ3) is 4.33. The molecule has 122 valence electrons. The van der Waals surface area contributed by atoms with Crippen molar-refractivity contribution < 1.29 is 14.6 Å². The zero-order chi connectivity index (χ0) is 16.8. The third-order valence-electron chi connectivity index (χ3n) is 4.09. The molecule has 23 heavy (non-hydrogen) atoms. The number of carboxylic acid groups (broad SMARTS) is 1. The van der Waals surface area contributed by atoms with E-state index in [-0.39, 0.29) is 12.6 Å². The lowest BCUT2D eigenvalue weighted by molar-refractivity contribution is -0.138. The monoisotopic (exact) mass is 313 g/mol. The Bertz CT molecular complexity index is 652. The second kappa shape index (κ2) is 7.79. The molecule has 0 amide bonds. The van der Waals surface area contributed by atoms with Gasteiger partial charge in [0, 0.05) is 6.04 Å². The molecule has 2 aromatic rings. The average Bonchev–Trinajstić information content (AvgIpc) is 2.59. The molecule has 0 aliphatic carbocycles. The number of carbonyl (C=O) groups is 1. The van der Waals surface area contributed by atoms with E-state index >= 15 is 0 Å². The SMILES string of the molecule is CCN(CC(=O)O)C(C)c1ccc(-c2cccc(OC)c2)cc1. The lowest BCUT2D eigenvalue weighted by Crippen LogP contribution is -2.32. The minimum Gasteiger partial charge on any atom is -0.497 e. The molecule has 1 N–H and O–H groups in total. The van der Waals surface area contributed by atoms with Crippen LogP contribution in [0.25, 0.3) is 11.1 Å². The fourth-order valence-corrected chi connectivity index (χ4v) is 2.66. The molecule has 2 aromatic carbocycles. The van der Waals surface area contributed by atoms with Crippen LogP contribution in [0.3, 0.4) is 0 Å². The van der Waals surface area contributed by atoms with Crippen molar-refractivity contribution in [3.05, 3.63) is 54.1 Å². The van der Waals surface area contributed by atoms with Crippen molar-refractivity contribution in [1.29, 1.82) is 0 Å². The highest BCUT2D eigenvalue weighted by Gasteiger charge is 2.16. The van der Waals surface area contributed by atoms with Gasteiger partial charge in [0.2, 0.25) is 0 Å². The number of hydrogen-bond acceptors (Lipinski definition) is 3. The first-order valence-corrected chi connectivity index (χ1v) is 7.75. The molecule has 0 heterocycles. The molecule has 0 aliphatic rings. The lowest BCUT2D eigenvalue weighted by Gasteiger charge is -2.26. The highest BCUT2D eigenvalue weighted by molar-refractivity contribution is 5.69. The number of rotatable bonds is 7. The number of benzene rings is 2. The van der Waals surface area contributed by atoms with Crippen LogP contribution in [-0.4, -0.2) is 36.2 Å². The predicted molar refractivity (Wildman–Crippen MR) is 91.7 cm³/mol. The molecule has 2 rings (SSSR count). The van der Waals surface area contributed by atoms with E-state index in [1.54, 1.807) is 7.11 Å². The van der Waals surface area contributed by atoms with Crippen LogP contribution in [0.4, 0.5) is 0 Å². The number of aliphatic carboxylic acids is 1. The molecule has 0 saturated carbocycles. The van der Waals surface area contributed by atoms with Crippen LogP contribution in [0, 0.1) is 0 Å². The van der Waals surface area contributed by atoms with Gasteiger partial charge in [0.15, 0.2) is 0 Å². The topological polar surface area (TPSA) is 49.8 Å². The van der Waals surface area contributed by atoms with Gasteiger partial charge in [0.1, 0.15) is 5.75 Å². The van der Waals surface area contributed by atoms with Crippen molar-refractivity contribution in [3.8, 4) is 16.9 Å². The van der Waals surface area contributed by atoms with Crippen LogP contribution in [0.2, 0.25) is 0 Å². The van der Waals surface area contributed by atoms with Crippen LogP contribution in [0.15, 0.2) is 48.5 Å². The summed E-state index contributed by atoms with van der Waals surface area (Å²) in [4.78, 5) is 12.9. The van der Waals surface area contributed by atoms with E-state index in [1.807, 2.05) is 43.0 Å². The third-order valence-corrected chi connectivity index (χ3v) is 4.09. The van der Waals surface area contributed by atoms with Gasteiger partial charge in [0.25, 0.3) is 0 Å². The molecular weight excluding hydrogens is 290 g/mol. The number of methoxy groups -OCH3 is 1. The summed E-state index contributed by atoms with van der Waals surface area (Å²) in [5.74, 6) is 0.0326. The fourth-order valence-electron chi connectivity index (χ4n) is 2.66. The van der Waals surface area contributed by atoms with Crippen molar-refractivity contribution >= 4 is 5.97 Å². The largest absolute Gasteiger partial charge is 0.497 e. The Kier molecular flexibility index (Phi) is 5.77. The van der Waals surface area contributed by atoms with Gasteiger partial charge in [-0.3, -0.25) is 9.69 Å². The molecule has 0 spiro atoms. The predicted octanol–water partition coefficient (Wildman–Crippen LogP) is 3.83. The van der Waals surface area contributed by atoms with Crippen molar-refractivity contribution in [2.45, 2.75) is 19.9 Å². The fraction of sp³-hybridized carbons (Fsp3) is 0.316. The number of likely N-dealkylation sites (N-methyl/N-ethyl adjacent to an activating group) is 1. The molecule has 0 fully saturated rings. The second-order valence-electron chi connectivity index (χ2n) is 5.49. The van der Waals surface area contributed by atoms with Crippen LogP contribution in [-0.2, 0) is 4.79 Å². The lowest BCUT2D eigenvalue weighted by atomic mass is 10.0. The summed E-state index contributed by atoms with van der Waals surface area (Å²) in [5, 5.41) is 9.00. The van der Waals surface area contributed by atoms with E-state index in [2.05, 4.69) is 24.3 Å². The molecule has 0 bridgehead atoms. The Balaban J connectivity index is 2.19. The van der Waals surface area contributed by atoms with Crippen LogP contribution >= 0.6 is 0 Å². The minimum atomic E-state index is -0.799. The van der Waals surface area contributed by atoms with Gasteiger partial charge in [-0.2, -0.15) is 0 Å². The van der Waals surface area contributed by atoms with E-state index < -0.39 is 5.97 Å². The van der Waals surface area contributed by atoms with E-state index in [0.29, 0.717) is 6.54 Å². The van der Waals surface area contributed by atoms with Crippen LogP contribution in [0.5, 0.6) is 5.75 Å². The van der Waals surface area contributed by atoms with Gasteiger partial charge in [-0.15, -0.1) is 0 Å². The van der Waals surface area contributed by atoms with Crippen LogP contribution in [0.1, 0.15) is 25.5 Å². The van der Waals surface area contributed by atoms with Gasteiger partial charge in [-0.05, 0) is 42.3 Å². The quantitative estimate of drug-likeness (QED) is 0.844.